The van der Waals surface area contributed by atoms with Crippen LogP contribution in [0.1, 0.15) is 34.3 Å². The lowest BCUT2D eigenvalue weighted by Gasteiger charge is -2.32. The second-order valence-electron chi connectivity index (χ2n) is 7.50. The largest absolute Gasteiger partial charge is 0.489 e. The summed E-state index contributed by atoms with van der Waals surface area (Å²) in [5.41, 5.74) is 5.05. The molecule has 1 amide bonds. The van der Waals surface area contributed by atoms with E-state index in [0.29, 0.717) is 18.7 Å². The fraction of sp³-hybridized carbons (Fsp3) is 0.292. The lowest BCUT2D eigenvalue weighted by molar-refractivity contribution is 0.0594. The Kier molecular flexibility index (Phi) is 5.56. The molecule has 3 aromatic rings. The zero-order valence-electron chi connectivity index (χ0n) is 16.8. The molecule has 0 spiro atoms. The van der Waals surface area contributed by atoms with Gasteiger partial charge in [0.25, 0.3) is 5.91 Å². The minimum absolute atomic E-state index is 0.0328. The third-order valence-corrected chi connectivity index (χ3v) is 5.41. The highest BCUT2D eigenvalue weighted by Crippen LogP contribution is 2.26. The van der Waals surface area contributed by atoms with Gasteiger partial charge in [-0.2, -0.15) is 0 Å². The Bertz CT molecular complexity index is 959. The molecule has 4 rings (SSSR count). The van der Waals surface area contributed by atoms with E-state index in [-0.39, 0.29) is 12.0 Å². The van der Waals surface area contributed by atoms with Crippen LogP contribution in [0, 0.1) is 13.8 Å². The van der Waals surface area contributed by atoms with Gasteiger partial charge in [0.05, 0.1) is 17.5 Å². The number of hydrogen-bond donors (Lipinski definition) is 0. The maximum Gasteiger partial charge on any atom is 0.255 e. The number of benzene rings is 1. The SMILES string of the molecule is Cc1cccc(C)c1-c1ccc(C(=O)N2CCC(Oc3cccnc3)CC2)cn1. The van der Waals surface area contributed by atoms with E-state index in [1.54, 1.807) is 18.6 Å². The Morgan fingerprint density at radius 2 is 1.76 bits per heavy atom. The van der Waals surface area contributed by atoms with Crippen molar-refractivity contribution in [3.8, 4) is 17.0 Å². The average Bonchev–Trinajstić information content (AvgIpc) is 2.75. The average molecular weight is 387 g/mol. The summed E-state index contributed by atoms with van der Waals surface area (Å²) in [5.74, 6) is 0.814. The molecule has 0 bridgehead atoms. The molecule has 1 aliphatic heterocycles. The predicted molar refractivity (Wildman–Crippen MR) is 113 cm³/mol. The van der Waals surface area contributed by atoms with E-state index in [4.69, 9.17) is 4.74 Å². The monoisotopic (exact) mass is 387 g/mol. The number of nitrogens with zero attached hydrogens (tertiary/aromatic N) is 3. The summed E-state index contributed by atoms with van der Waals surface area (Å²) in [5, 5.41) is 0. The zero-order valence-corrected chi connectivity index (χ0v) is 16.8. The smallest absolute Gasteiger partial charge is 0.255 e. The van der Waals surface area contributed by atoms with E-state index in [9.17, 15) is 4.79 Å². The van der Waals surface area contributed by atoms with E-state index < -0.39 is 0 Å². The molecule has 0 unspecified atom stereocenters. The molecule has 5 nitrogen and oxygen atoms in total. The zero-order chi connectivity index (χ0) is 20.2. The molecule has 0 radical (unpaired) electrons. The number of aryl methyl sites for hydroxylation is 2. The second-order valence-corrected chi connectivity index (χ2v) is 7.50. The molecule has 2 aromatic heterocycles. The Morgan fingerprint density at radius 3 is 2.38 bits per heavy atom. The van der Waals surface area contributed by atoms with Crippen molar-refractivity contribution in [1.82, 2.24) is 14.9 Å². The lowest BCUT2D eigenvalue weighted by Crippen LogP contribution is -2.41. The fourth-order valence-corrected chi connectivity index (χ4v) is 3.86. The molecule has 1 aromatic carbocycles. The number of carbonyl (C=O) groups is 1. The van der Waals surface area contributed by atoms with Crippen molar-refractivity contribution in [1.29, 1.82) is 0 Å². The summed E-state index contributed by atoms with van der Waals surface area (Å²) in [4.78, 5) is 23.4. The molecule has 0 N–H and O–H groups in total. The van der Waals surface area contributed by atoms with Crippen molar-refractivity contribution in [3.05, 3.63) is 77.7 Å². The van der Waals surface area contributed by atoms with Crippen molar-refractivity contribution in [2.24, 2.45) is 0 Å². The van der Waals surface area contributed by atoms with Crippen molar-refractivity contribution in [2.45, 2.75) is 32.8 Å². The topological polar surface area (TPSA) is 55.3 Å². The first-order valence-electron chi connectivity index (χ1n) is 10.0. The van der Waals surface area contributed by atoms with Gasteiger partial charge in [0, 0.05) is 43.9 Å². The van der Waals surface area contributed by atoms with Crippen molar-refractivity contribution >= 4 is 5.91 Å². The summed E-state index contributed by atoms with van der Waals surface area (Å²) in [6.45, 7) is 5.53. The first-order chi connectivity index (χ1) is 14.1. The van der Waals surface area contributed by atoms with Gasteiger partial charge in [0.15, 0.2) is 0 Å². The molecule has 1 aliphatic rings. The minimum atomic E-state index is 0.0328. The summed E-state index contributed by atoms with van der Waals surface area (Å²) >= 11 is 0. The van der Waals surface area contributed by atoms with E-state index in [1.807, 2.05) is 35.2 Å². The van der Waals surface area contributed by atoms with Crippen LogP contribution >= 0.6 is 0 Å². The van der Waals surface area contributed by atoms with Crippen molar-refractivity contribution in [3.63, 3.8) is 0 Å². The van der Waals surface area contributed by atoms with Crippen LogP contribution in [0.4, 0.5) is 0 Å². The van der Waals surface area contributed by atoms with Gasteiger partial charge in [-0.15, -0.1) is 0 Å². The Morgan fingerprint density at radius 1 is 1.00 bits per heavy atom. The van der Waals surface area contributed by atoms with Crippen molar-refractivity contribution in [2.75, 3.05) is 13.1 Å². The number of amides is 1. The number of pyridine rings is 2. The molecule has 0 saturated carbocycles. The molecular weight excluding hydrogens is 362 g/mol. The lowest BCUT2D eigenvalue weighted by atomic mass is 9.99. The summed E-state index contributed by atoms with van der Waals surface area (Å²) < 4.78 is 5.96. The third kappa shape index (κ3) is 4.29. The fourth-order valence-electron chi connectivity index (χ4n) is 3.86. The first kappa shape index (κ1) is 19.1. The maximum absolute atomic E-state index is 12.9. The number of likely N-dealkylation sites (tertiary alicyclic amines) is 1. The number of rotatable bonds is 4. The van der Waals surface area contributed by atoms with E-state index in [0.717, 1.165) is 29.8 Å². The quantitative estimate of drug-likeness (QED) is 0.664. The summed E-state index contributed by atoms with van der Waals surface area (Å²) in [6, 6.07) is 13.8. The molecule has 1 saturated heterocycles. The molecule has 3 heterocycles. The molecule has 29 heavy (non-hydrogen) atoms. The predicted octanol–water partition coefficient (Wildman–Crippen LogP) is 4.44. The number of carbonyl (C=O) groups excluding carboxylic acids is 1. The van der Waals surface area contributed by atoms with Gasteiger partial charge in [-0.3, -0.25) is 14.8 Å². The van der Waals surface area contributed by atoms with Crippen LogP contribution in [0.5, 0.6) is 5.75 Å². The standard InChI is InChI=1S/C24H25N3O2/c1-17-5-3-6-18(2)23(17)22-9-8-19(15-26-22)24(28)27-13-10-20(11-14-27)29-21-7-4-12-25-16-21/h3-9,12,15-16,20H,10-11,13-14H2,1-2H3. The molecule has 0 atom stereocenters. The molecular formula is C24H25N3O2. The Labute approximate surface area is 171 Å². The Hall–Kier alpha value is -3.21. The molecule has 5 heteroatoms. The highest BCUT2D eigenvalue weighted by molar-refractivity contribution is 5.94. The highest BCUT2D eigenvalue weighted by Gasteiger charge is 2.25. The number of hydrogen-bond acceptors (Lipinski definition) is 4. The van der Waals surface area contributed by atoms with Gasteiger partial charge in [-0.1, -0.05) is 18.2 Å². The third-order valence-electron chi connectivity index (χ3n) is 5.41. The normalized spacial score (nSPS) is 14.6. The van der Waals surface area contributed by atoms with Gasteiger partial charge in [-0.25, -0.2) is 0 Å². The van der Waals surface area contributed by atoms with Gasteiger partial charge in [-0.05, 0) is 49.2 Å². The number of aromatic nitrogens is 2. The van der Waals surface area contributed by atoms with Gasteiger partial charge < -0.3 is 9.64 Å². The highest BCUT2D eigenvalue weighted by atomic mass is 16.5. The van der Waals surface area contributed by atoms with Gasteiger partial charge in [0.2, 0.25) is 0 Å². The number of ether oxygens (including phenoxy) is 1. The van der Waals surface area contributed by atoms with E-state index in [1.165, 1.54) is 11.1 Å². The van der Waals surface area contributed by atoms with Crippen LogP contribution in [0.3, 0.4) is 0 Å². The Balaban J connectivity index is 1.39. The maximum atomic E-state index is 12.9. The molecule has 148 valence electrons. The van der Waals surface area contributed by atoms with Crippen LogP contribution in [0.15, 0.2) is 61.1 Å². The summed E-state index contributed by atoms with van der Waals surface area (Å²) in [7, 11) is 0. The van der Waals surface area contributed by atoms with Crippen LogP contribution < -0.4 is 4.74 Å². The second kappa shape index (κ2) is 8.43. The van der Waals surface area contributed by atoms with Crippen LogP contribution in [0.25, 0.3) is 11.3 Å². The first-order valence-corrected chi connectivity index (χ1v) is 10.0. The number of piperidine rings is 1. The van der Waals surface area contributed by atoms with E-state index >= 15 is 0 Å². The van der Waals surface area contributed by atoms with Crippen LogP contribution in [-0.2, 0) is 0 Å². The van der Waals surface area contributed by atoms with Crippen molar-refractivity contribution < 1.29 is 9.53 Å². The van der Waals surface area contributed by atoms with Gasteiger partial charge >= 0.3 is 0 Å². The van der Waals surface area contributed by atoms with Crippen LogP contribution in [0.2, 0.25) is 0 Å². The summed E-state index contributed by atoms with van der Waals surface area (Å²) in [6.07, 6.45) is 6.90. The van der Waals surface area contributed by atoms with Crippen LogP contribution in [-0.4, -0.2) is 40.0 Å². The molecule has 1 fully saturated rings. The van der Waals surface area contributed by atoms with E-state index in [2.05, 4.69) is 35.9 Å². The van der Waals surface area contributed by atoms with Gasteiger partial charge in [0.1, 0.15) is 11.9 Å². The molecule has 0 aliphatic carbocycles. The minimum Gasteiger partial charge on any atom is -0.489 e.